The van der Waals surface area contributed by atoms with E-state index in [0.29, 0.717) is 6.54 Å². The number of amides is 1. The maximum absolute atomic E-state index is 11.9. The van der Waals surface area contributed by atoms with E-state index < -0.39 is 11.4 Å². The zero-order valence-corrected chi connectivity index (χ0v) is 11.9. The number of methoxy groups -OCH3 is 1. The number of rotatable bonds is 5. The molecule has 0 bridgehead atoms. The number of esters is 1. The number of ether oxygens (including phenoxy) is 1. The third-order valence-electron chi connectivity index (χ3n) is 3.08. The van der Waals surface area contributed by atoms with Crippen LogP contribution >= 0.6 is 0 Å². The van der Waals surface area contributed by atoms with Gasteiger partial charge in [0.1, 0.15) is 5.41 Å². The fraction of sp³-hybridized carbons (Fsp3) is 0.467. The lowest BCUT2D eigenvalue weighted by molar-refractivity contribution is -0.156. The molecule has 1 aromatic carbocycles. The minimum absolute atomic E-state index is 0.313. The fourth-order valence-electron chi connectivity index (χ4n) is 1.64. The summed E-state index contributed by atoms with van der Waals surface area (Å²) in [5, 5.41) is 2.76. The van der Waals surface area contributed by atoms with Gasteiger partial charge in [0, 0.05) is 6.54 Å². The van der Waals surface area contributed by atoms with E-state index >= 15 is 0 Å². The molecule has 0 spiro atoms. The average molecular weight is 263 g/mol. The summed E-state index contributed by atoms with van der Waals surface area (Å²) in [6.07, 6.45) is 0.739. The first-order valence-electron chi connectivity index (χ1n) is 6.30. The summed E-state index contributed by atoms with van der Waals surface area (Å²) in [6, 6.07) is 8.14. The Bertz CT molecular complexity index is 449. The van der Waals surface area contributed by atoms with Crippen molar-refractivity contribution < 1.29 is 14.3 Å². The Balaban J connectivity index is 2.47. The number of nitrogens with one attached hydrogen (secondary N) is 1. The molecule has 0 aliphatic heterocycles. The Morgan fingerprint density at radius 3 is 2.32 bits per heavy atom. The average Bonchev–Trinajstić information content (AvgIpc) is 2.39. The van der Waals surface area contributed by atoms with Gasteiger partial charge < -0.3 is 10.1 Å². The largest absolute Gasteiger partial charge is 0.468 e. The van der Waals surface area contributed by atoms with Crippen LogP contribution in [0.1, 0.15) is 25.0 Å². The van der Waals surface area contributed by atoms with E-state index in [0.717, 1.165) is 12.0 Å². The highest BCUT2D eigenvalue weighted by Crippen LogP contribution is 2.16. The summed E-state index contributed by atoms with van der Waals surface area (Å²) in [5.41, 5.74) is 1.21. The second-order valence-electron chi connectivity index (χ2n) is 5.11. The zero-order valence-electron chi connectivity index (χ0n) is 11.9. The van der Waals surface area contributed by atoms with Crippen molar-refractivity contribution in [2.75, 3.05) is 13.7 Å². The molecule has 0 saturated heterocycles. The zero-order chi connectivity index (χ0) is 14.5. The maximum atomic E-state index is 11.9. The Morgan fingerprint density at radius 2 is 1.79 bits per heavy atom. The normalized spacial score (nSPS) is 10.9. The Morgan fingerprint density at radius 1 is 1.21 bits per heavy atom. The molecule has 1 aromatic rings. The van der Waals surface area contributed by atoms with Gasteiger partial charge in [-0.2, -0.15) is 0 Å². The molecule has 0 saturated carbocycles. The number of hydrogen-bond acceptors (Lipinski definition) is 3. The van der Waals surface area contributed by atoms with Crippen LogP contribution in [0.3, 0.4) is 0 Å². The van der Waals surface area contributed by atoms with Gasteiger partial charge in [0.05, 0.1) is 7.11 Å². The molecule has 1 N–H and O–H groups in total. The predicted octanol–water partition coefficient (Wildman–Crippen LogP) is 1.85. The SMILES string of the molecule is COC(=O)C(C)(C)C(=O)NCCc1ccc(C)cc1. The van der Waals surface area contributed by atoms with Gasteiger partial charge in [-0.15, -0.1) is 0 Å². The van der Waals surface area contributed by atoms with Gasteiger partial charge in [0.15, 0.2) is 0 Å². The first-order chi connectivity index (χ1) is 8.87. The lowest BCUT2D eigenvalue weighted by Gasteiger charge is -2.20. The molecule has 0 aliphatic carbocycles. The molecule has 0 unspecified atom stereocenters. The van der Waals surface area contributed by atoms with Crippen LogP contribution in [-0.2, 0) is 20.7 Å². The Labute approximate surface area is 114 Å². The van der Waals surface area contributed by atoms with Crippen molar-refractivity contribution in [3.63, 3.8) is 0 Å². The minimum Gasteiger partial charge on any atom is -0.468 e. The summed E-state index contributed by atoms with van der Waals surface area (Å²) in [4.78, 5) is 23.4. The van der Waals surface area contributed by atoms with Crippen molar-refractivity contribution in [1.29, 1.82) is 0 Å². The summed E-state index contributed by atoms with van der Waals surface area (Å²) in [5.74, 6) is -0.841. The lowest BCUT2D eigenvalue weighted by Crippen LogP contribution is -2.43. The molecule has 19 heavy (non-hydrogen) atoms. The summed E-state index contributed by atoms with van der Waals surface area (Å²) < 4.78 is 4.61. The topological polar surface area (TPSA) is 55.4 Å². The van der Waals surface area contributed by atoms with Crippen molar-refractivity contribution in [2.24, 2.45) is 5.41 Å². The summed E-state index contributed by atoms with van der Waals surface area (Å²) in [7, 11) is 1.28. The van der Waals surface area contributed by atoms with Crippen LogP contribution in [0.4, 0.5) is 0 Å². The molecule has 0 radical (unpaired) electrons. The Hall–Kier alpha value is -1.84. The molecule has 1 amide bonds. The van der Waals surface area contributed by atoms with E-state index in [2.05, 4.69) is 10.1 Å². The van der Waals surface area contributed by atoms with E-state index in [1.165, 1.54) is 12.7 Å². The molecular formula is C15H21NO3. The van der Waals surface area contributed by atoms with Crippen LogP contribution in [-0.4, -0.2) is 25.5 Å². The second kappa shape index (κ2) is 6.36. The van der Waals surface area contributed by atoms with Crippen molar-refractivity contribution in [1.82, 2.24) is 5.32 Å². The van der Waals surface area contributed by atoms with Crippen LogP contribution in [0.15, 0.2) is 24.3 Å². The predicted molar refractivity (Wildman–Crippen MR) is 73.7 cm³/mol. The van der Waals surface area contributed by atoms with Gasteiger partial charge in [0.2, 0.25) is 5.91 Å². The lowest BCUT2D eigenvalue weighted by atomic mass is 9.92. The Kier molecular flexibility index (Phi) is 5.10. The highest BCUT2D eigenvalue weighted by molar-refractivity contribution is 6.01. The van der Waals surface area contributed by atoms with Gasteiger partial charge in [-0.3, -0.25) is 9.59 Å². The molecule has 0 atom stereocenters. The van der Waals surface area contributed by atoms with E-state index in [1.54, 1.807) is 13.8 Å². The van der Waals surface area contributed by atoms with Gasteiger partial charge >= 0.3 is 5.97 Å². The van der Waals surface area contributed by atoms with Crippen LogP contribution in [0.5, 0.6) is 0 Å². The molecule has 104 valence electrons. The quantitative estimate of drug-likeness (QED) is 0.651. The van der Waals surface area contributed by atoms with Gasteiger partial charge in [-0.1, -0.05) is 29.8 Å². The molecule has 0 fully saturated rings. The van der Waals surface area contributed by atoms with Crippen molar-refractivity contribution in [2.45, 2.75) is 27.2 Å². The first kappa shape index (κ1) is 15.2. The summed E-state index contributed by atoms with van der Waals surface area (Å²) in [6.45, 7) is 5.65. The van der Waals surface area contributed by atoms with E-state index in [4.69, 9.17) is 0 Å². The molecule has 0 aliphatic rings. The number of hydrogen-bond donors (Lipinski definition) is 1. The smallest absolute Gasteiger partial charge is 0.320 e. The molecule has 0 heterocycles. The van der Waals surface area contributed by atoms with E-state index in [-0.39, 0.29) is 5.91 Å². The molecule has 0 aromatic heterocycles. The fourth-order valence-corrected chi connectivity index (χ4v) is 1.64. The second-order valence-corrected chi connectivity index (χ2v) is 5.11. The third kappa shape index (κ3) is 4.09. The van der Waals surface area contributed by atoms with E-state index in [1.807, 2.05) is 31.2 Å². The number of carbonyl (C=O) groups excluding carboxylic acids is 2. The number of aryl methyl sites for hydroxylation is 1. The number of benzene rings is 1. The van der Waals surface area contributed by atoms with Gasteiger partial charge in [0.25, 0.3) is 0 Å². The van der Waals surface area contributed by atoms with Crippen LogP contribution < -0.4 is 5.32 Å². The highest BCUT2D eigenvalue weighted by atomic mass is 16.5. The molecule has 4 nitrogen and oxygen atoms in total. The highest BCUT2D eigenvalue weighted by Gasteiger charge is 2.36. The monoisotopic (exact) mass is 263 g/mol. The minimum atomic E-state index is -1.15. The number of carbonyl (C=O) groups is 2. The first-order valence-corrected chi connectivity index (χ1v) is 6.30. The van der Waals surface area contributed by atoms with Crippen molar-refractivity contribution in [3.05, 3.63) is 35.4 Å². The van der Waals surface area contributed by atoms with Crippen LogP contribution in [0.25, 0.3) is 0 Å². The van der Waals surface area contributed by atoms with Crippen LogP contribution in [0, 0.1) is 12.3 Å². The van der Waals surface area contributed by atoms with Gasteiger partial charge in [-0.05, 0) is 32.8 Å². The van der Waals surface area contributed by atoms with E-state index in [9.17, 15) is 9.59 Å². The maximum Gasteiger partial charge on any atom is 0.320 e. The van der Waals surface area contributed by atoms with Crippen molar-refractivity contribution >= 4 is 11.9 Å². The van der Waals surface area contributed by atoms with Crippen molar-refractivity contribution in [3.8, 4) is 0 Å². The molecule has 1 rings (SSSR count). The van der Waals surface area contributed by atoms with Gasteiger partial charge in [-0.25, -0.2) is 0 Å². The third-order valence-corrected chi connectivity index (χ3v) is 3.08. The molecular weight excluding hydrogens is 242 g/mol. The van der Waals surface area contributed by atoms with Crippen LogP contribution in [0.2, 0.25) is 0 Å². The standard InChI is InChI=1S/C15H21NO3/c1-11-5-7-12(8-6-11)9-10-16-13(17)15(2,3)14(18)19-4/h5-8H,9-10H2,1-4H3,(H,16,17). The molecule has 4 heteroatoms. The summed E-state index contributed by atoms with van der Waals surface area (Å²) >= 11 is 0.